The summed E-state index contributed by atoms with van der Waals surface area (Å²) in [6.45, 7) is 3.69. The molecule has 2 atom stereocenters. The average molecular weight is 413 g/mol. The number of rotatable bonds is 4. The average Bonchev–Trinajstić information content (AvgIpc) is 2.72. The van der Waals surface area contributed by atoms with Crippen LogP contribution in [0.4, 0.5) is 0 Å². The fourth-order valence-electron chi connectivity index (χ4n) is 3.48. The smallest absolute Gasteiger partial charge is 0.233 e. The highest BCUT2D eigenvalue weighted by Gasteiger charge is 2.25. The van der Waals surface area contributed by atoms with Gasteiger partial charge in [0.2, 0.25) is 11.9 Å². The molecule has 2 aliphatic heterocycles. The Labute approximate surface area is 165 Å². The lowest BCUT2D eigenvalue weighted by Crippen LogP contribution is -2.52. The molecule has 2 unspecified atom stereocenters. The van der Waals surface area contributed by atoms with E-state index < -0.39 is 9.84 Å². The van der Waals surface area contributed by atoms with Crippen LogP contribution >= 0.6 is 0 Å². The number of nitrogens with zero attached hydrogens (tertiary/aromatic N) is 5. The molecule has 156 valence electrons. The van der Waals surface area contributed by atoms with Gasteiger partial charge in [0.1, 0.15) is 6.10 Å². The Morgan fingerprint density at radius 1 is 1.39 bits per heavy atom. The molecule has 0 aromatic rings. The Morgan fingerprint density at radius 2 is 2.14 bits per heavy atom. The zero-order chi connectivity index (χ0) is 20.1. The van der Waals surface area contributed by atoms with E-state index in [9.17, 15) is 8.42 Å². The van der Waals surface area contributed by atoms with E-state index in [4.69, 9.17) is 15.7 Å². The minimum absolute atomic E-state index is 0.127. The maximum Gasteiger partial charge on any atom is 0.233 e. The van der Waals surface area contributed by atoms with Gasteiger partial charge in [-0.1, -0.05) is 11.2 Å². The van der Waals surface area contributed by atoms with Crippen LogP contribution in [0.1, 0.15) is 19.3 Å². The van der Waals surface area contributed by atoms with Crippen molar-refractivity contribution >= 4 is 28.0 Å². The lowest BCUT2D eigenvalue weighted by atomic mass is 10.00. The molecule has 28 heavy (non-hydrogen) atoms. The van der Waals surface area contributed by atoms with Gasteiger partial charge in [-0.05, 0) is 24.8 Å². The van der Waals surface area contributed by atoms with Gasteiger partial charge >= 0.3 is 0 Å². The molecule has 11 heteroatoms. The van der Waals surface area contributed by atoms with Gasteiger partial charge in [0.25, 0.3) is 0 Å². The van der Waals surface area contributed by atoms with Crippen LogP contribution in [0, 0.1) is 0 Å². The van der Waals surface area contributed by atoms with Crippen LogP contribution < -0.4 is 5.73 Å². The van der Waals surface area contributed by atoms with Crippen molar-refractivity contribution in [2.75, 3.05) is 45.6 Å². The Bertz CT molecular complexity index is 783. The van der Waals surface area contributed by atoms with Gasteiger partial charge in [-0.25, -0.2) is 18.4 Å². The Hall–Kier alpha value is -2.14. The number of ether oxygens (including phenoxy) is 1. The van der Waals surface area contributed by atoms with E-state index in [1.54, 1.807) is 6.21 Å². The van der Waals surface area contributed by atoms with Crippen molar-refractivity contribution in [1.29, 1.82) is 0 Å². The first kappa shape index (κ1) is 20.6. The normalized spacial score (nSPS) is 26.8. The number of sulfone groups is 1. The molecule has 0 aromatic carbocycles. The monoisotopic (exact) mass is 412 g/mol. The first-order chi connectivity index (χ1) is 13.4. The van der Waals surface area contributed by atoms with Crippen LogP contribution in [0.25, 0.3) is 0 Å². The van der Waals surface area contributed by atoms with Gasteiger partial charge in [-0.3, -0.25) is 0 Å². The number of nitrogens with two attached hydrogens (primary N) is 1. The number of guanidine groups is 2. The molecule has 0 saturated carbocycles. The third kappa shape index (κ3) is 5.22. The molecule has 1 saturated heterocycles. The van der Waals surface area contributed by atoms with E-state index in [-0.39, 0.29) is 17.3 Å². The third-order valence-corrected chi connectivity index (χ3v) is 6.94. The van der Waals surface area contributed by atoms with Crippen molar-refractivity contribution in [2.24, 2.45) is 20.9 Å². The van der Waals surface area contributed by atoms with Gasteiger partial charge in [0.05, 0.1) is 18.4 Å². The zero-order valence-electron chi connectivity index (χ0n) is 16.1. The Balaban J connectivity index is 1.42. The summed E-state index contributed by atoms with van der Waals surface area (Å²) in [4.78, 5) is 12.8. The number of allylic oxidation sites excluding steroid dienone is 1. The highest BCUT2D eigenvalue weighted by atomic mass is 32.2. The number of piperazine rings is 1. The van der Waals surface area contributed by atoms with Gasteiger partial charge < -0.3 is 25.5 Å². The summed E-state index contributed by atoms with van der Waals surface area (Å²) in [5, 5.41) is 11.5. The lowest BCUT2D eigenvalue weighted by molar-refractivity contribution is 0.122. The first-order valence-electron chi connectivity index (χ1n) is 9.41. The molecule has 10 nitrogen and oxygen atoms in total. The molecular weight excluding hydrogens is 384 g/mol. The molecule has 3 rings (SSSR count). The van der Waals surface area contributed by atoms with Crippen molar-refractivity contribution in [3.8, 4) is 0 Å². The van der Waals surface area contributed by atoms with Crippen molar-refractivity contribution in [1.82, 2.24) is 9.80 Å². The second kappa shape index (κ2) is 8.91. The summed E-state index contributed by atoms with van der Waals surface area (Å²) < 4.78 is 29.1. The summed E-state index contributed by atoms with van der Waals surface area (Å²) in [5.74, 6) is 0.814. The number of hydrogen-bond donors (Lipinski definition) is 2. The standard InChI is InChI=1S/C17H28N6O4S/c1-28(25,26)15-4-2-13(3-5-15)12-27-14-10-19-17(20-11-14)23-8-6-22(7-9-23)16(18)21-24/h2,10,14-15,24H,3-9,11-12H2,1H3,(H2,18,21). The molecule has 2 heterocycles. The fraction of sp³-hybridized carbons (Fsp3) is 0.706. The molecule has 0 amide bonds. The van der Waals surface area contributed by atoms with Gasteiger partial charge in [0.15, 0.2) is 9.84 Å². The van der Waals surface area contributed by atoms with Gasteiger partial charge in [0, 0.05) is 38.6 Å². The van der Waals surface area contributed by atoms with Crippen molar-refractivity contribution in [2.45, 2.75) is 30.6 Å². The van der Waals surface area contributed by atoms with Crippen LogP contribution in [0.3, 0.4) is 0 Å². The Kier molecular flexibility index (Phi) is 6.55. The maximum absolute atomic E-state index is 11.6. The Morgan fingerprint density at radius 3 is 2.68 bits per heavy atom. The minimum Gasteiger partial charge on any atom is -0.408 e. The van der Waals surface area contributed by atoms with Gasteiger partial charge in [-0.2, -0.15) is 0 Å². The summed E-state index contributed by atoms with van der Waals surface area (Å²) in [6, 6.07) is 0. The number of hydrogen-bond acceptors (Lipinski definition) is 8. The lowest BCUT2D eigenvalue weighted by Gasteiger charge is -2.36. The predicted octanol–water partition coefficient (Wildman–Crippen LogP) is -0.343. The van der Waals surface area contributed by atoms with E-state index in [1.807, 2.05) is 11.0 Å². The molecule has 0 spiro atoms. The molecule has 3 aliphatic rings. The zero-order valence-corrected chi connectivity index (χ0v) is 16.9. The van der Waals surface area contributed by atoms with E-state index in [1.165, 1.54) is 6.26 Å². The van der Waals surface area contributed by atoms with Crippen LogP contribution in [-0.2, 0) is 14.6 Å². The van der Waals surface area contributed by atoms with E-state index >= 15 is 0 Å². The van der Waals surface area contributed by atoms with Crippen LogP contribution in [0.5, 0.6) is 0 Å². The molecule has 3 N–H and O–H groups in total. The molecule has 0 bridgehead atoms. The summed E-state index contributed by atoms with van der Waals surface area (Å²) >= 11 is 0. The topological polar surface area (TPSA) is 133 Å². The van der Waals surface area contributed by atoms with E-state index in [0.717, 1.165) is 12.0 Å². The molecule has 1 aliphatic carbocycles. The molecule has 1 fully saturated rings. The largest absolute Gasteiger partial charge is 0.408 e. The fourth-order valence-corrected chi connectivity index (χ4v) is 4.48. The highest BCUT2D eigenvalue weighted by Crippen LogP contribution is 2.23. The molecule has 0 radical (unpaired) electrons. The van der Waals surface area contributed by atoms with Crippen LogP contribution in [0.15, 0.2) is 26.8 Å². The quantitative estimate of drug-likeness (QED) is 0.212. The SMILES string of the molecule is CS(=O)(=O)C1CC=C(COC2C=NC(N3CCN(C(N)=NO)CC3)=NC2)CC1. The van der Waals surface area contributed by atoms with Crippen LogP contribution in [0.2, 0.25) is 0 Å². The summed E-state index contributed by atoms with van der Waals surface area (Å²) in [7, 11) is -2.97. The number of oxime groups is 1. The number of aliphatic imine (C=N–C) groups is 2. The van der Waals surface area contributed by atoms with E-state index in [0.29, 0.717) is 58.1 Å². The van der Waals surface area contributed by atoms with Crippen molar-refractivity contribution in [3.63, 3.8) is 0 Å². The maximum atomic E-state index is 11.6. The summed E-state index contributed by atoms with van der Waals surface area (Å²) in [5.41, 5.74) is 6.75. The first-order valence-corrected chi connectivity index (χ1v) is 11.4. The molecule has 0 aromatic heterocycles. The second-order valence-corrected chi connectivity index (χ2v) is 9.61. The van der Waals surface area contributed by atoms with Crippen molar-refractivity contribution in [3.05, 3.63) is 11.6 Å². The summed E-state index contributed by atoms with van der Waals surface area (Å²) in [6.07, 6.45) is 6.88. The van der Waals surface area contributed by atoms with E-state index in [2.05, 4.69) is 20.0 Å². The molecular formula is C17H28N6O4S. The minimum atomic E-state index is -2.97. The second-order valence-electron chi connectivity index (χ2n) is 7.29. The van der Waals surface area contributed by atoms with Crippen LogP contribution in [-0.4, -0.2) is 98.5 Å². The highest BCUT2D eigenvalue weighted by molar-refractivity contribution is 7.91. The predicted molar refractivity (Wildman–Crippen MR) is 108 cm³/mol. The van der Waals surface area contributed by atoms with Crippen molar-refractivity contribution < 1.29 is 18.4 Å². The third-order valence-electron chi connectivity index (χ3n) is 5.30. The van der Waals surface area contributed by atoms with Gasteiger partial charge in [-0.15, -0.1) is 0 Å².